The van der Waals surface area contributed by atoms with E-state index >= 15 is 0 Å². The van der Waals surface area contributed by atoms with E-state index in [0.717, 1.165) is 42.3 Å². The molecule has 6 heteroatoms. The van der Waals surface area contributed by atoms with Crippen molar-refractivity contribution in [2.75, 3.05) is 62.6 Å². The third kappa shape index (κ3) is 5.25. The second kappa shape index (κ2) is 10.2. The third-order valence-electron chi connectivity index (χ3n) is 7.53. The molecule has 170 valence electrons. The van der Waals surface area contributed by atoms with Crippen molar-refractivity contribution >= 4 is 28.7 Å². The van der Waals surface area contributed by atoms with Crippen LogP contribution in [0.1, 0.15) is 12.8 Å². The van der Waals surface area contributed by atoms with E-state index in [1.165, 1.54) is 51.3 Å². The topological polar surface area (TPSA) is 33.8 Å². The van der Waals surface area contributed by atoms with Gasteiger partial charge < -0.3 is 15.5 Å². The van der Waals surface area contributed by atoms with Crippen molar-refractivity contribution in [3.8, 4) is 0 Å². The first-order valence-corrected chi connectivity index (χ1v) is 12.5. The minimum absolute atomic E-state index is 0.607. The molecular weight excluding hydrogens is 414 g/mol. The number of hydrogen-bond donors (Lipinski definition) is 2. The molecule has 5 nitrogen and oxygen atoms in total. The van der Waals surface area contributed by atoms with Crippen molar-refractivity contribution in [3.63, 3.8) is 0 Å². The SMILES string of the molecule is S=C(NCC1CC2CCN1CC2CN1CCN(c2ccccc2)CC1)Nc1ccccc1. The van der Waals surface area contributed by atoms with Gasteiger partial charge in [-0.05, 0) is 67.7 Å². The number of rotatable bonds is 6. The number of anilines is 2. The number of hydrogen-bond acceptors (Lipinski definition) is 4. The summed E-state index contributed by atoms with van der Waals surface area (Å²) < 4.78 is 0. The minimum atomic E-state index is 0.607. The van der Waals surface area contributed by atoms with Gasteiger partial charge in [0.15, 0.2) is 5.11 Å². The number of piperidine rings is 3. The number of benzene rings is 2. The largest absolute Gasteiger partial charge is 0.369 e. The summed E-state index contributed by atoms with van der Waals surface area (Å²) >= 11 is 5.52. The van der Waals surface area contributed by atoms with Crippen LogP contribution in [0.5, 0.6) is 0 Å². The van der Waals surface area contributed by atoms with E-state index in [2.05, 4.69) is 55.7 Å². The summed E-state index contributed by atoms with van der Waals surface area (Å²) in [5, 5.41) is 7.49. The molecule has 0 amide bonds. The molecule has 4 aliphatic heterocycles. The fourth-order valence-electron chi connectivity index (χ4n) is 5.74. The Morgan fingerprint density at radius 2 is 1.62 bits per heavy atom. The molecule has 2 aromatic rings. The molecule has 2 aromatic carbocycles. The predicted octanol–water partition coefficient (Wildman–Crippen LogP) is 3.51. The van der Waals surface area contributed by atoms with E-state index in [4.69, 9.17) is 12.2 Å². The highest BCUT2D eigenvalue weighted by atomic mass is 32.1. The Morgan fingerprint density at radius 1 is 0.906 bits per heavy atom. The summed E-state index contributed by atoms with van der Waals surface area (Å²) in [7, 11) is 0. The van der Waals surface area contributed by atoms with E-state index in [-0.39, 0.29) is 0 Å². The molecule has 4 heterocycles. The van der Waals surface area contributed by atoms with Gasteiger partial charge in [-0.15, -0.1) is 0 Å². The normalized spacial score (nSPS) is 27.8. The molecule has 32 heavy (non-hydrogen) atoms. The average Bonchev–Trinajstić information content (AvgIpc) is 2.85. The molecule has 4 aliphatic rings. The lowest BCUT2D eigenvalue weighted by atomic mass is 9.75. The monoisotopic (exact) mass is 449 g/mol. The van der Waals surface area contributed by atoms with Crippen LogP contribution >= 0.6 is 12.2 Å². The van der Waals surface area contributed by atoms with Crippen LogP contribution in [0.2, 0.25) is 0 Å². The maximum absolute atomic E-state index is 5.52. The van der Waals surface area contributed by atoms with Crippen LogP contribution in [0.4, 0.5) is 11.4 Å². The highest BCUT2D eigenvalue weighted by molar-refractivity contribution is 7.80. The zero-order chi connectivity index (χ0) is 21.8. The summed E-state index contributed by atoms with van der Waals surface area (Å²) in [5.74, 6) is 1.67. The van der Waals surface area contributed by atoms with Gasteiger partial charge in [0.05, 0.1) is 0 Å². The Balaban J connectivity index is 1.06. The maximum atomic E-state index is 5.52. The summed E-state index contributed by atoms with van der Waals surface area (Å²) in [6.45, 7) is 9.34. The Bertz CT molecular complexity index is 868. The second-order valence-electron chi connectivity index (χ2n) is 9.52. The Hall–Kier alpha value is -2.15. The Morgan fingerprint density at radius 3 is 2.31 bits per heavy atom. The van der Waals surface area contributed by atoms with Crippen LogP contribution < -0.4 is 15.5 Å². The van der Waals surface area contributed by atoms with Gasteiger partial charge in [-0.1, -0.05) is 36.4 Å². The van der Waals surface area contributed by atoms with Crippen molar-refractivity contribution in [1.29, 1.82) is 0 Å². The molecule has 0 aliphatic carbocycles. The van der Waals surface area contributed by atoms with E-state index in [1.54, 1.807) is 0 Å². The van der Waals surface area contributed by atoms with Crippen molar-refractivity contribution in [3.05, 3.63) is 60.7 Å². The number of nitrogens with zero attached hydrogens (tertiary/aromatic N) is 3. The van der Waals surface area contributed by atoms with E-state index in [0.29, 0.717) is 6.04 Å². The lowest BCUT2D eigenvalue weighted by molar-refractivity contribution is -0.0110. The standard InChI is InChI=1S/C26H35N5S/c32-26(28-23-7-3-1-4-8-23)27-18-25-17-21-11-12-31(25)20-22(21)19-29-13-15-30(16-14-29)24-9-5-2-6-10-24/h1-10,21-22,25H,11-20H2,(H2,27,28,32). The Kier molecular flexibility index (Phi) is 6.91. The zero-order valence-corrected chi connectivity index (χ0v) is 19.6. The van der Waals surface area contributed by atoms with Gasteiger partial charge >= 0.3 is 0 Å². The van der Waals surface area contributed by atoms with Crippen LogP contribution in [-0.4, -0.2) is 73.3 Å². The van der Waals surface area contributed by atoms with Crippen LogP contribution in [0.15, 0.2) is 60.7 Å². The van der Waals surface area contributed by atoms with E-state index in [9.17, 15) is 0 Å². The zero-order valence-electron chi connectivity index (χ0n) is 18.8. The van der Waals surface area contributed by atoms with E-state index < -0.39 is 0 Å². The molecular formula is C26H35N5S. The van der Waals surface area contributed by atoms with Gasteiger partial charge in [-0.25, -0.2) is 0 Å². The van der Waals surface area contributed by atoms with Gasteiger partial charge in [-0.3, -0.25) is 9.80 Å². The number of para-hydroxylation sites is 2. The highest BCUT2D eigenvalue weighted by Crippen LogP contribution is 2.36. The second-order valence-corrected chi connectivity index (χ2v) is 9.93. The number of piperazine rings is 1. The summed E-state index contributed by atoms with van der Waals surface area (Å²) in [6, 6.07) is 21.6. The third-order valence-corrected chi connectivity index (χ3v) is 7.78. The lowest BCUT2D eigenvalue weighted by Gasteiger charge is -2.51. The molecule has 4 saturated heterocycles. The molecule has 0 spiro atoms. The first kappa shape index (κ1) is 21.7. The van der Waals surface area contributed by atoms with Gasteiger partial charge in [-0.2, -0.15) is 0 Å². The maximum Gasteiger partial charge on any atom is 0.170 e. The predicted molar refractivity (Wildman–Crippen MR) is 137 cm³/mol. The average molecular weight is 450 g/mol. The van der Waals surface area contributed by atoms with Crippen LogP contribution in [-0.2, 0) is 0 Å². The van der Waals surface area contributed by atoms with Crippen molar-refractivity contribution < 1.29 is 0 Å². The molecule has 0 radical (unpaired) electrons. The van der Waals surface area contributed by atoms with E-state index in [1.807, 2.05) is 30.3 Å². The highest BCUT2D eigenvalue weighted by Gasteiger charge is 2.40. The molecule has 4 atom stereocenters. The van der Waals surface area contributed by atoms with Crippen molar-refractivity contribution in [2.24, 2.45) is 11.8 Å². The molecule has 2 bridgehead atoms. The quantitative estimate of drug-likeness (QED) is 0.657. The molecule has 2 N–H and O–H groups in total. The molecule has 0 saturated carbocycles. The van der Waals surface area contributed by atoms with Crippen LogP contribution in [0.25, 0.3) is 0 Å². The Labute approximate surface area is 197 Å². The number of nitrogens with one attached hydrogen (secondary N) is 2. The lowest BCUT2D eigenvalue weighted by Crippen LogP contribution is -2.59. The fourth-order valence-corrected chi connectivity index (χ4v) is 5.94. The molecule has 0 aromatic heterocycles. The molecule has 6 rings (SSSR count). The number of thiocarbonyl (C=S) groups is 1. The van der Waals surface area contributed by atoms with Crippen molar-refractivity contribution in [1.82, 2.24) is 15.1 Å². The van der Waals surface area contributed by atoms with Crippen molar-refractivity contribution in [2.45, 2.75) is 18.9 Å². The summed E-state index contributed by atoms with van der Waals surface area (Å²) in [4.78, 5) is 7.95. The van der Waals surface area contributed by atoms with Crippen LogP contribution in [0.3, 0.4) is 0 Å². The molecule has 4 unspecified atom stereocenters. The first-order chi connectivity index (χ1) is 15.7. The fraction of sp³-hybridized carbons (Fsp3) is 0.500. The smallest absolute Gasteiger partial charge is 0.170 e. The van der Waals surface area contributed by atoms with Gasteiger partial charge in [0, 0.05) is 63.2 Å². The van der Waals surface area contributed by atoms with Gasteiger partial charge in [0.2, 0.25) is 0 Å². The molecule has 4 fully saturated rings. The van der Waals surface area contributed by atoms with Gasteiger partial charge in [0.25, 0.3) is 0 Å². The first-order valence-electron chi connectivity index (χ1n) is 12.1. The summed E-state index contributed by atoms with van der Waals surface area (Å²) in [5.41, 5.74) is 2.41. The number of fused-ring (bicyclic) bond motifs is 3. The van der Waals surface area contributed by atoms with Crippen LogP contribution in [0, 0.1) is 11.8 Å². The minimum Gasteiger partial charge on any atom is -0.369 e. The summed E-state index contributed by atoms with van der Waals surface area (Å²) in [6.07, 6.45) is 2.66. The van der Waals surface area contributed by atoms with Gasteiger partial charge in [0.1, 0.15) is 0 Å².